The first kappa shape index (κ1) is 22.3. The third kappa shape index (κ3) is 6.25. The molecule has 1 aromatic carbocycles. The lowest BCUT2D eigenvalue weighted by Gasteiger charge is -2.15. The second-order valence-corrected chi connectivity index (χ2v) is 8.24. The standard InChI is InChI=1S/C25H37NO2/c1-19-15-17-23(18-16-19)13-11-9-7-5-6-8-10-12-14-24-21(3)25(27)20(2)22(4)26(24)28/h15-18,28H,5-14H2,1-4H3. The van der Waals surface area contributed by atoms with Gasteiger partial charge in [-0.2, -0.15) is 4.73 Å². The first-order valence-corrected chi connectivity index (χ1v) is 10.9. The topological polar surface area (TPSA) is 42.2 Å². The van der Waals surface area contributed by atoms with Gasteiger partial charge < -0.3 is 5.21 Å². The summed E-state index contributed by atoms with van der Waals surface area (Å²) in [7, 11) is 0. The molecule has 0 aliphatic carbocycles. The van der Waals surface area contributed by atoms with Crippen molar-refractivity contribution in [3.63, 3.8) is 0 Å². The maximum Gasteiger partial charge on any atom is 0.188 e. The highest BCUT2D eigenvalue weighted by molar-refractivity contribution is 5.29. The van der Waals surface area contributed by atoms with Crippen molar-refractivity contribution >= 4 is 0 Å². The molecule has 154 valence electrons. The summed E-state index contributed by atoms with van der Waals surface area (Å²) in [6.07, 6.45) is 11.9. The number of pyridine rings is 1. The van der Waals surface area contributed by atoms with Crippen LogP contribution in [0.5, 0.6) is 0 Å². The zero-order valence-corrected chi connectivity index (χ0v) is 18.2. The van der Waals surface area contributed by atoms with E-state index in [2.05, 4.69) is 31.2 Å². The van der Waals surface area contributed by atoms with Gasteiger partial charge in [0.05, 0.1) is 11.4 Å². The molecule has 1 aromatic heterocycles. The third-order valence-corrected chi connectivity index (χ3v) is 5.98. The summed E-state index contributed by atoms with van der Waals surface area (Å²) >= 11 is 0. The number of hydrogen-bond donors (Lipinski definition) is 1. The smallest absolute Gasteiger partial charge is 0.188 e. The predicted molar refractivity (Wildman–Crippen MR) is 118 cm³/mol. The minimum Gasteiger partial charge on any atom is -0.428 e. The Balaban J connectivity index is 1.57. The van der Waals surface area contributed by atoms with E-state index >= 15 is 0 Å². The van der Waals surface area contributed by atoms with E-state index in [0.717, 1.165) is 25.0 Å². The van der Waals surface area contributed by atoms with Crippen LogP contribution in [0.4, 0.5) is 0 Å². The van der Waals surface area contributed by atoms with Gasteiger partial charge in [-0.25, -0.2) is 0 Å². The summed E-state index contributed by atoms with van der Waals surface area (Å²) in [4.78, 5) is 12.2. The highest BCUT2D eigenvalue weighted by atomic mass is 16.5. The van der Waals surface area contributed by atoms with E-state index in [4.69, 9.17) is 0 Å². The summed E-state index contributed by atoms with van der Waals surface area (Å²) in [5, 5.41) is 10.3. The maximum atomic E-state index is 12.2. The average Bonchev–Trinajstić information content (AvgIpc) is 2.70. The molecule has 0 bridgehead atoms. The van der Waals surface area contributed by atoms with E-state index in [9.17, 15) is 10.0 Å². The van der Waals surface area contributed by atoms with Crippen molar-refractivity contribution in [1.29, 1.82) is 0 Å². The van der Waals surface area contributed by atoms with Crippen LogP contribution in [0, 0.1) is 27.7 Å². The number of benzene rings is 1. The number of aryl methyl sites for hydroxylation is 2. The van der Waals surface area contributed by atoms with Crippen LogP contribution in [0.15, 0.2) is 29.1 Å². The Labute approximate surface area is 170 Å². The molecule has 2 rings (SSSR count). The molecule has 3 nitrogen and oxygen atoms in total. The number of nitrogens with zero attached hydrogens (tertiary/aromatic N) is 1. The van der Waals surface area contributed by atoms with Crippen LogP contribution >= 0.6 is 0 Å². The summed E-state index contributed by atoms with van der Waals surface area (Å²) in [5.74, 6) is 0. The molecule has 0 saturated carbocycles. The van der Waals surface area contributed by atoms with Crippen LogP contribution in [0.25, 0.3) is 0 Å². The lowest BCUT2D eigenvalue weighted by molar-refractivity contribution is 0.165. The van der Waals surface area contributed by atoms with Gasteiger partial charge in [0, 0.05) is 11.1 Å². The van der Waals surface area contributed by atoms with Gasteiger partial charge in [-0.3, -0.25) is 4.79 Å². The van der Waals surface area contributed by atoms with E-state index in [0.29, 0.717) is 16.8 Å². The third-order valence-electron chi connectivity index (χ3n) is 5.98. The molecule has 3 heteroatoms. The van der Waals surface area contributed by atoms with Crippen LogP contribution < -0.4 is 5.43 Å². The molecule has 0 unspecified atom stereocenters. The first-order valence-electron chi connectivity index (χ1n) is 10.9. The van der Waals surface area contributed by atoms with Gasteiger partial charge >= 0.3 is 0 Å². The Morgan fingerprint density at radius 1 is 0.714 bits per heavy atom. The molecule has 0 amide bonds. The van der Waals surface area contributed by atoms with E-state index in [1.807, 2.05) is 6.92 Å². The molecule has 2 aromatic rings. The van der Waals surface area contributed by atoms with Crippen molar-refractivity contribution in [2.75, 3.05) is 0 Å². The quantitative estimate of drug-likeness (QED) is 0.369. The molecule has 0 fully saturated rings. The van der Waals surface area contributed by atoms with Crippen LogP contribution in [-0.2, 0) is 12.8 Å². The minimum absolute atomic E-state index is 0.0726. The highest BCUT2D eigenvalue weighted by Gasteiger charge is 2.13. The minimum atomic E-state index is 0.0726. The average molecular weight is 384 g/mol. The van der Waals surface area contributed by atoms with Crippen LogP contribution in [0.2, 0.25) is 0 Å². The Kier molecular flexibility index (Phi) is 8.82. The molecule has 0 saturated heterocycles. The Hall–Kier alpha value is -2.03. The maximum absolute atomic E-state index is 12.2. The largest absolute Gasteiger partial charge is 0.428 e. The summed E-state index contributed by atoms with van der Waals surface area (Å²) in [6, 6.07) is 8.90. The van der Waals surface area contributed by atoms with Gasteiger partial charge in [-0.1, -0.05) is 68.4 Å². The molecule has 0 spiro atoms. The zero-order valence-electron chi connectivity index (χ0n) is 18.2. The molecule has 1 N–H and O–H groups in total. The molecule has 0 aliphatic heterocycles. The van der Waals surface area contributed by atoms with Crippen molar-refractivity contribution < 1.29 is 5.21 Å². The second kappa shape index (κ2) is 11.1. The monoisotopic (exact) mass is 383 g/mol. The van der Waals surface area contributed by atoms with E-state index in [1.165, 1.54) is 60.8 Å². The van der Waals surface area contributed by atoms with Crippen LogP contribution in [-0.4, -0.2) is 9.94 Å². The fourth-order valence-corrected chi connectivity index (χ4v) is 3.83. The molecule has 0 atom stereocenters. The van der Waals surface area contributed by atoms with Crippen molar-refractivity contribution in [1.82, 2.24) is 4.73 Å². The highest BCUT2D eigenvalue weighted by Crippen LogP contribution is 2.15. The molecule has 0 aliphatic rings. The zero-order chi connectivity index (χ0) is 20.5. The van der Waals surface area contributed by atoms with Gasteiger partial charge in [0.1, 0.15) is 0 Å². The van der Waals surface area contributed by atoms with Crippen molar-refractivity contribution in [3.05, 3.63) is 68.1 Å². The van der Waals surface area contributed by atoms with Crippen LogP contribution in [0.1, 0.15) is 85.0 Å². The van der Waals surface area contributed by atoms with Gasteiger partial charge in [-0.15, -0.1) is 0 Å². The lowest BCUT2D eigenvalue weighted by Crippen LogP contribution is -2.21. The number of hydrogen-bond acceptors (Lipinski definition) is 2. The Morgan fingerprint density at radius 2 is 1.21 bits per heavy atom. The first-order chi connectivity index (χ1) is 13.4. The van der Waals surface area contributed by atoms with Crippen LogP contribution in [0.3, 0.4) is 0 Å². The van der Waals surface area contributed by atoms with E-state index < -0.39 is 0 Å². The molecular weight excluding hydrogens is 346 g/mol. The summed E-state index contributed by atoms with van der Waals surface area (Å²) in [5.41, 5.74) is 5.64. The predicted octanol–water partition coefficient (Wildman–Crippen LogP) is 6.23. The molecular formula is C25H37NO2. The molecule has 1 heterocycles. The molecule has 28 heavy (non-hydrogen) atoms. The number of aromatic nitrogens is 1. The fraction of sp³-hybridized carbons (Fsp3) is 0.560. The lowest BCUT2D eigenvalue weighted by atomic mass is 10.0. The van der Waals surface area contributed by atoms with Gasteiger partial charge in [0.25, 0.3) is 0 Å². The second-order valence-electron chi connectivity index (χ2n) is 8.24. The van der Waals surface area contributed by atoms with E-state index in [1.54, 1.807) is 13.8 Å². The normalized spacial score (nSPS) is 11.1. The summed E-state index contributed by atoms with van der Waals surface area (Å²) in [6.45, 7) is 7.54. The van der Waals surface area contributed by atoms with Gasteiger partial charge in [0.2, 0.25) is 0 Å². The Bertz CT molecular complexity index is 803. The van der Waals surface area contributed by atoms with Crippen molar-refractivity contribution in [3.8, 4) is 0 Å². The SMILES string of the molecule is Cc1ccc(CCCCCCCCCCc2c(C)c(=O)c(C)c(C)n2O)cc1. The number of rotatable bonds is 11. The fourth-order valence-electron chi connectivity index (χ4n) is 3.83. The van der Waals surface area contributed by atoms with Crippen molar-refractivity contribution in [2.24, 2.45) is 0 Å². The summed E-state index contributed by atoms with van der Waals surface area (Å²) < 4.78 is 1.22. The van der Waals surface area contributed by atoms with Gasteiger partial charge in [0.15, 0.2) is 5.43 Å². The molecule has 0 radical (unpaired) electrons. The Morgan fingerprint density at radius 3 is 1.79 bits per heavy atom. The van der Waals surface area contributed by atoms with E-state index in [-0.39, 0.29) is 5.43 Å². The number of unbranched alkanes of at least 4 members (excludes halogenated alkanes) is 7. The van der Waals surface area contributed by atoms with Crippen molar-refractivity contribution in [2.45, 2.75) is 91.9 Å². The van der Waals surface area contributed by atoms with Gasteiger partial charge in [-0.05, 0) is 58.9 Å².